The molecule has 1 rings (SSSR count). The van der Waals surface area contributed by atoms with Crippen LogP contribution >= 0.6 is 27.7 Å². The average Bonchev–Trinajstić information content (AvgIpc) is 2.04. The maximum Gasteiger partial charge on any atom is 0.0592 e. The number of rotatable bonds is 2. The van der Waals surface area contributed by atoms with Gasteiger partial charge in [-0.3, -0.25) is 0 Å². The molecule has 0 nitrogen and oxygen atoms in total. The second kappa shape index (κ2) is 4.48. The Morgan fingerprint density at radius 1 is 1.36 bits per heavy atom. The zero-order valence-electron chi connectivity index (χ0n) is 5.88. The Labute approximate surface area is 79.5 Å². The van der Waals surface area contributed by atoms with E-state index in [2.05, 4.69) is 21.9 Å². The first-order chi connectivity index (χ1) is 5.33. The van der Waals surface area contributed by atoms with Crippen LogP contribution in [0.5, 0.6) is 0 Å². The molecule has 0 radical (unpaired) electrons. The molecule has 0 spiro atoms. The first-order valence-electron chi connectivity index (χ1n) is 3.15. The molecule has 0 unspecified atom stereocenters. The standard InChI is InChI=1S/C9H7BrS/c1-2-7-11-9-5-3-8(10)4-6-9/h1,3-6H,7H2. The SMILES string of the molecule is C#CCSc1ccc(Br)cc1. The summed E-state index contributed by atoms with van der Waals surface area (Å²) in [5.41, 5.74) is 0. The Balaban J connectivity index is 2.60. The maximum absolute atomic E-state index is 5.13. The smallest absolute Gasteiger partial charge is 0.0592 e. The Bertz CT molecular complexity index is 258. The van der Waals surface area contributed by atoms with Gasteiger partial charge in [0.15, 0.2) is 0 Å². The van der Waals surface area contributed by atoms with Gasteiger partial charge in [0.05, 0.1) is 5.75 Å². The van der Waals surface area contributed by atoms with Gasteiger partial charge in [-0.05, 0) is 24.3 Å². The highest BCUT2D eigenvalue weighted by Crippen LogP contribution is 2.19. The van der Waals surface area contributed by atoms with Crippen molar-refractivity contribution >= 4 is 27.7 Å². The van der Waals surface area contributed by atoms with E-state index in [4.69, 9.17) is 6.42 Å². The highest BCUT2D eigenvalue weighted by molar-refractivity contribution is 9.10. The lowest BCUT2D eigenvalue weighted by Gasteiger charge is -1.95. The van der Waals surface area contributed by atoms with Crippen LogP contribution in [0.2, 0.25) is 0 Å². The van der Waals surface area contributed by atoms with Gasteiger partial charge < -0.3 is 0 Å². The summed E-state index contributed by atoms with van der Waals surface area (Å²) >= 11 is 5.04. The molecule has 0 N–H and O–H groups in total. The lowest BCUT2D eigenvalue weighted by atomic mass is 10.4. The van der Waals surface area contributed by atoms with E-state index in [1.807, 2.05) is 24.3 Å². The molecule has 0 atom stereocenters. The Hall–Kier alpha value is -0.390. The minimum Gasteiger partial charge on any atom is -0.119 e. The second-order valence-corrected chi connectivity index (χ2v) is 3.91. The van der Waals surface area contributed by atoms with E-state index in [1.165, 1.54) is 4.90 Å². The third-order valence-corrected chi connectivity index (χ3v) is 2.58. The third-order valence-electron chi connectivity index (χ3n) is 1.14. The van der Waals surface area contributed by atoms with Crippen molar-refractivity contribution in [3.05, 3.63) is 28.7 Å². The molecule has 56 valence electrons. The Kier molecular flexibility index (Phi) is 3.55. The van der Waals surface area contributed by atoms with Gasteiger partial charge in [-0.1, -0.05) is 21.9 Å². The van der Waals surface area contributed by atoms with Gasteiger partial charge in [0.25, 0.3) is 0 Å². The largest absolute Gasteiger partial charge is 0.119 e. The van der Waals surface area contributed by atoms with Gasteiger partial charge in [0.1, 0.15) is 0 Å². The fraction of sp³-hybridized carbons (Fsp3) is 0.111. The van der Waals surface area contributed by atoms with E-state index in [0.717, 1.165) is 10.2 Å². The molecule has 0 amide bonds. The van der Waals surface area contributed by atoms with Crippen molar-refractivity contribution in [2.24, 2.45) is 0 Å². The molecule has 1 aromatic carbocycles. The molecular formula is C9H7BrS. The van der Waals surface area contributed by atoms with Crippen LogP contribution in [0.15, 0.2) is 33.6 Å². The van der Waals surface area contributed by atoms with Crippen molar-refractivity contribution in [1.29, 1.82) is 0 Å². The normalized spacial score (nSPS) is 9.09. The van der Waals surface area contributed by atoms with Crippen molar-refractivity contribution in [1.82, 2.24) is 0 Å². The van der Waals surface area contributed by atoms with Gasteiger partial charge in [-0.2, -0.15) is 0 Å². The molecule has 0 aliphatic carbocycles. The molecule has 0 aromatic heterocycles. The predicted octanol–water partition coefficient (Wildman–Crippen LogP) is 3.17. The van der Waals surface area contributed by atoms with E-state index in [-0.39, 0.29) is 0 Å². The summed E-state index contributed by atoms with van der Waals surface area (Å²) in [7, 11) is 0. The third kappa shape index (κ3) is 3.00. The van der Waals surface area contributed by atoms with Crippen molar-refractivity contribution in [2.75, 3.05) is 5.75 Å². The average molecular weight is 227 g/mol. The van der Waals surface area contributed by atoms with Crippen molar-refractivity contribution in [2.45, 2.75) is 4.90 Å². The molecule has 0 fully saturated rings. The predicted molar refractivity (Wildman–Crippen MR) is 53.7 cm³/mol. The summed E-state index contributed by atoms with van der Waals surface area (Å²) in [6, 6.07) is 8.12. The molecule has 0 bridgehead atoms. The van der Waals surface area contributed by atoms with Gasteiger partial charge in [0.2, 0.25) is 0 Å². The van der Waals surface area contributed by atoms with Crippen LogP contribution in [-0.2, 0) is 0 Å². The summed E-state index contributed by atoms with van der Waals surface area (Å²) in [6.45, 7) is 0. The summed E-state index contributed by atoms with van der Waals surface area (Å²) in [4.78, 5) is 1.21. The molecule has 0 aliphatic heterocycles. The topological polar surface area (TPSA) is 0 Å². The van der Waals surface area contributed by atoms with Gasteiger partial charge in [0, 0.05) is 9.37 Å². The van der Waals surface area contributed by atoms with Crippen LogP contribution in [0.4, 0.5) is 0 Å². The van der Waals surface area contributed by atoms with E-state index in [0.29, 0.717) is 0 Å². The van der Waals surface area contributed by atoms with Crippen molar-refractivity contribution < 1.29 is 0 Å². The van der Waals surface area contributed by atoms with Gasteiger partial charge in [-0.15, -0.1) is 18.2 Å². The first kappa shape index (κ1) is 8.70. The summed E-state index contributed by atoms with van der Waals surface area (Å²) in [5.74, 6) is 3.32. The molecule has 0 saturated heterocycles. The maximum atomic E-state index is 5.13. The second-order valence-electron chi connectivity index (χ2n) is 1.95. The van der Waals surface area contributed by atoms with Crippen LogP contribution in [0.1, 0.15) is 0 Å². The molecule has 0 aliphatic rings. The number of hydrogen-bond acceptors (Lipinski definition) is 1. The molecule has 0 saturated carbocycles. The molecule has 2 heteroatoms. The minimum atomic E-state index is 0.738. The molecule has 0 heterocycles. The van der Waals surface area contributed by atoms with Crippen LogP contribution < -0.4 is 0 Å². The molecular weight excluding hydrogens is 220 g/mol. The Morgan fingerprint density at radius 2 is 2.00 bits per heavy atom. The molecule has 11 heavy (non-hydrogen) atoms. The lowest BCUT2D eigenvalue weighted by Crippen LogP contribution is -1.72. The van der Waals surface area contributed by atoms with Crippen LogP contribution in [0, 0.1) is 12.3 Å². The minimum absolute atomic E-state index is 0.738. The summed E-state index contributed by atoms with van der Waals surface area (Å²) in [5, 5.41) is 0. The monoisotopic (exact) mass is 226 g/mol. The zero-order chi connectivity index (χ0) is 8.10. The summed E-state index contributed by atoms with van der Waals surface area (Å²) in [6.07, 6.45) is 5.13. The van der Waals surface area contributed by atoms with Crippen molar-refractivity contribution in [3.8, 4) is 12.3 Å². The fourth-order valence-corrected chi connectivity index (χ4v) is 1.50. The van der Waals surface area contributed by atoms with Gasteiger partial charge >= 0.3 is 0 Å². The van der Waals surface area contributed by atoms with E-state index >= 15 is 0 Å². The fourth-order valence-electron chi connectivity index (χ4n) is 0.656. The van der Waals surface area contributed by atoms with Crippen LogP contribution in [0.25, 0.3) is 0 Å². The summed E-state index contributed by atoms with van der Waals surface area (Å²) < 4.78 is 1.10. The van der Waals surface area contributed by atoms with Crippen LogP contribution in [-0.4, -0.2) is 5.75 Å². The van der Waals surface area contributed by atoms with E-state index in [1.54, 1.807) is 11.8 Å². The number of terminal acetylenes is 1. The quantitative estimate of drug-likeness (QED) is 0.552. The highest BCUT2D eigenvalue weighted by atomic mass is 79.9. The molecule has 1 aromatic rings. The lowest BCUT2D eigenvalue weighted by molar-refractivity contribution is 1.44. The number of thioether (sulfide) groups is 1. The highest BCUT2D eigenvalue weighted by Gasteiger charge is 1.90. The van der Waals surface area contributed by atoms with Gasteiger partial charge in [-0.25, -0.2) is 0 Å². The van der Waals surface area contributed by atoms with E-state index < -0.39 is 0 Å². The number of hydrogen-bond donors (Lipinski definition) is 0. The van der Waals surface area contributed by atoms with E-state index in [9.17, 15) is 0 Å². The Morgan fingerprint density at radius 3 is 2.55 bits per heavy atom. The zero-order valence-corrected chi connectivity index (χ0v) is 8.28. The van der Waals surface area contributed by atoms with Crippen molar-refractivity contribution in [3.63, 3.8) is 0 Å². The number of benzene rings is 1. The van der Waals surface area contributed by atoms with Crippen LogP contribution in [0.3, 0.4) is 0 Å². The number of halogens is 1. The first-order valence-corrected chi connectivity index (χ1v) is 4.92.